The largest absolute Gasteiger partial charge is 0.493 e. The van der Waals surface area contributed by atoms with Crippen molar-refractivity contribution in [1.82, 2.24) is 0 Å². The smallest absolute Gasteiger partial charge is 0.306 e. The molecule has 7 heteroatoms. The third-order valence-electron chi connectivity index (χ3n) is 7.37. The van der Waals surface area contributed by atoms with Crippen LogP contribution in [0.4, 0.5) is 0 Å². The van der Waals surface area contributed by atoms with Crippen LogP contribution in [0.15, 0.2) is 49.1 Å². The summed E-state index contributed by atoms with van der Waals surface area (Å²) in [7, 11) is 0. The molecule has 1 aromatic rings. The summed E-state index contributed by atoms with van der Waals surface area (Å²) in [5.74, 6) is 0.933. The zero-order valence-corrected chi connectivity index (χ0v) is 23.5. The highest BCUT2D eigenvalue weighted by Crippen LogP contribution is 2.41. The number of carbonyl (C=O) groups is 1. The lowest BCUT2D eigenvalue weighted by Crippen LogP contribution is -2.34. The van der Waals surface area contributed by atoms with Crippen molar-refractivity contribution >= 4 is 17.6 Å². The highest BCUT2D eigenvalue weighted by Gasteiger charge is 2.44. The summed E-state index contributed by atoms with van der Waals surface area (Å²) in [6.07, 6.45) is 13.6. The van der Waals surface area contributed by atoms with Crippen LogP contribution in [0.1, 0.15) is 82.8 Å². The molecular weight excluding hydrogens is 504 g/mol. The van der Waals surface area contributed by atoms with Crippen LogP contribution < -0.4 is 4.74 Å². The first-order valence-corrected chi connectivity index (χ1v) is 14.7. The minimum absolute atomic E-state index is 0.0118. The summed E-state index contributed by atoms with van der Waals surface area (Å²) in [5.41, 5.74) is 0.911. The highest BCUT2D eigenvalue weighted by molar-refractivity contribution is 6.21. The van der Waals surface area contributed by atoms with Crippen LogP contribution in [-0.4, -0.2) is 48.7 Å². The number of unbranched alkanes of at least 4 members (excludes halogenated alkanes) is 1. The number of allylic oxidation sites excluding steroid dienone is 2. The van der Waals surface area contributed by atoms with E-state index in [1.165, 1.54) is 0 Å². The summed E-state index contributed by atoms with van der Waals surface area (Å²) in [5, 5.41) is 10.2. The maximum Gasteiger partial charge on any atom is 0.306 e. The Labute approximate surface area is 233 Å². The van der Waals surface area contributed by atoms with E-state index in [0.717, 1.165) is 75.7 Å². The number of halogens is 1. The van der Waals surface area contributed by atoms with Gasteiger partial charge in [0, 0.05) is 24.3 Å². The number of ether oxygens (including phenoxy) is 4. The summed E-state index contributed by atoms with van der Waals surface area (Å²) >= 11 is 6.88. The number of alkyl halides is 1. The average molecular weight is 549 g/mol. The van der Waals surface area contributed by atoms with Crippen LogP contribution in [0.5, 0.6) is 5.75 Å². The van der Waals surface area contributed by atoms with Crippen LogP contribution in [0.25, 0.3) is 0 Å². The number of aliphatic hydroxyl groups is 1. The lowest BCUT2D eigenvalue weighted by Gasteiger charge is -2.30. The molecule has 1 saturated carbocycles. The van der Waals surface area contributed by atoms with Gasteiger partial charge in [0.1, 0.15) is 12.4 Å². The van der Waals surface area contributed by atoms with Crippen molar-refractivity contribution in [2.24, 2.45) is 11.8 Å². The minimum Gasteiger partial charge on any atom is -0.493 e. The Morgan fingerprint density at radius 2 is 2.05 bits per heavy atom. The summed E-state index contributed by atoms with van der Waals surface area (Å²) < 4.78 is 23.6. The van der Waals surface area contributed by atoms with E-state index in [-0.39, 0.29) is 42.2 Å². The predicted octanol–water partition coefficient (Wildman–Crippen LogP) is 6.90. The van der Waals surface area contributed by atoms with Gasteiger partial charge in [-0.05, 0) is 75.0 Å². The molecule has 1 heterocycles. The van der Waals surface area contributed by atoms with Crippen LogP contribution >= 0.6 is 11.6 Å². The molecule has 0 spiro atoms. The van der Waals surface area contributed by atoms with Gasteiger partial charge in [0.15, 0.2) is 6.29 Å². The molecule has 2 fully saturated rings. The number of rotatable bonds is 16. The number of hydrogen-bond acceptors (Lipinski definition) is 6. The van der Waals surface area contributed by atoms with Crippen LogP contribution in [0.2, 0.25) is 0 Å². The van der Waals surface area contributed by atoms with Crippen molar-refractivity contribution in [3.63, 3.8) is 0 Å². The normalized spacial score (nSPS) is 26.3. The van der Waals surface area contributed by atoms with E-state index < -0.39 is 6.10 Å². The standard InChI is InChI=1S/C31H45ClO6/c1-3-11-28(33)23-15-17-24(18-16-23)37-22-26-25(12-7-5-6-8-13-30(34)35-19-4-2)27(32)21-29(26)38-31-14-9-10-20-36-31/h4-5,7,15-18,25-29,31,33H,2-3,6,8-14,19-22H2,1H3/b7-5-/t25-,26-,27-,28?,29-,31?/m1/s1. The first kappa shape index (κ1) is 30.7. The Balaban J connectivity index is 1.56. The molecule has 0 amide bonds. The zero-order valence-electron chi connectivity index (χ0n) is 22.8. The third kappa shape index (κ3) is 10.0. The van der Waals surface area contributed by atoms with E-state index in [1.807, 2.05) is 24.3 Å². The van der Waals surface area contributed by atoms with E-state index in [4.69, 9.17) is 30.5 Å². The number of aliphatic hydroxyl groups excluding tert-OH is 1. The Morgan fingerprint density at radius 3 is 2.76 bits per heavy atom. The first-order valence-electron chi connectivity index (χ1n) is 14.2. The Morgan fingerprint density at radius 1 is 1.24 bits per heavy atom. The van der Waals surface area contributed by atoms with Gasteiger partial charge in [0.25, 0.3) is 0 Å². The van der Waals surface area contributed by atoms with E-state index in [1.54, 1.807) is 6.08 Å². The van der Waals surface area contributed by atoms with Crippen molar-refractivity contribution in [1.29, 1.82) is 0 Å². The van der Waals surface area contributed by atoms with Crippen LogP contribution in [-0.2, 0) is 19.0 Å². The molecule has 38 heavy (non-hydrogen) atoms. The molecule has 0 aromatic heterocycles. The van der Waals surface area contributed by atoms with Crippen molar-refractivity contribution in [3.05, 3.63) is 54.6 Å². The minimum atomic E-state index is -0.442. The van der Waals surface area contributed by atoms with Gasteiger partial charge in [-0.1, -0.05) is 50.3 Å². The van der Waals surface area contributed by atoms with Gasteiger partial charge < -0.3 is 24.1 Å². The van der Waals surface area contributed by atoms with Gasteiger partial charge in [0.2, 0.25) is 0 Å². The maximum atomic E-state index is 11.6. The van der Waals surface area contributed by atoms with E-state index in [9.17, 15) is 9.90 Å². The summed E-state index contributed by atoms with van der Waals surface area (Å²) in [6, 6.07) is 7.73. The predicted molar refractivity (Wildman–Crippen MR) is 150 cm³/mol. The molecule has 212 valence electrons. The number of esters is 1. The second kappa shape index (κ2) is 17.0. The molecule has 1 aliphatic carbocycles. The number of carbonyl (C=O) groups excluding carboxylic acids is 1. The molecule has 1 saturated heterocycles. The van der Waals surface area contributed by atoms with Gasteiger partial charge in [-0.15, -0.1) is 11.6 Å². The van der Waals surface area contributed by atoms with Crippen molar-refractivity contribution in [3.8, 4) is 5.75 Å². The van der Waals surface area contributed by atoms with E-state index in [0.29, 0.717) is 13.0 Å². The Kier molecular flexibility index (Phi) is 13.7. The van der Waals surface area contributed by atoms with Crippen LogP contribution in [0.3, 0.4) is 0 Å². The highest BCUT2D eigenvalue weighted by atomic mass is 35.5. The van der Waals surface area contributed by atoms with Crippen molar-refractivity contribution in [2.45, 2.75) is 95.0 Å². The lowest BCUT2D eigenvalue weighted by atomic mass is 9.91. The third-order valence-corrected chi connectivity index (χ3v) is 7.87. The van der Waals surface area contributed by atoms with Crippen LogP contribution in [0, 0.1) is 11.8 Å². The molecule has 6 nitrogen and oxygen atoms in total. The first-order chi connectivity index (χ1) is 18.5. The monoisotopic (exact) mass is 548 g/mol. The Bertz CT molecular complexity index is 850. The number of benzene rings is 1. The van der Waals surface area contributed by atoms with Gasteiger partial charge in [-0.2, -0.15) is 0 Å². The SMILES string of the molecule is C=CCOC(=O)CCC/C=C\C[C@@H]1[C@@H](COc2ccc(C(O)CCC)cc2)[C@H](OC2CCCCO2)C[C@H]1Cl. The molecule has 3 rings (SSSR count). The quantitative estimate of drug-likeness (QED) is 0.105. The van der Waals surface area contributed by atoms with Gasteiger partial charge >= 0.3 is 5.97 Å². The van der Waals surface area contributed by atoms with Gasteiger partial charge in [-0.3, -0.25) is 4.79 Å². The lowest BCUT2D eigenvalue weighted by molar-refractivity contribution is -0.197. The molecule has 0 radical (unpaired) electrons. The molecule has 6 atom stereocenters. The second-order valence-electron chi connectivity index (χ2n) is 10.3. The second-order valence-corrected chi connectivity index (χ2v) is 10.9. The summed E-state index contributed by atoms with van der Waals surface area (Å²) in [4.78, 5) is 11.6. The average Bonchev–Trinajstić information content (AvgIpc) is 3.22. The van der Waals surface area contributed by atoms with E-state index >= 15 is 0 Å². The Hall–Kier alpha value is -1.86. The molecule has 0 bridgehead atoms. The topological polar surface area (TPSA) is 74.2 Å². The van der Waals surface area contributed by atoms with Crippen molar-refractivity contribution in [2.75, 3.05) is 19.8 Å². The van der Waals surface area contributed by atoms with Gasteiger partial charge in [0.05, 0.1) is 18.8 Å². The van der Waals surface area contributed by atoms with Gasteiger partial charge in [-0.25, -0.2) is 0 Å². The fraction of sp³-hybridized carbons (Fsp3) is 0.645. The molecule has 1 aliphatic heterocycles. The maximum absolute atomic E-state index is 11.6. The van der Waals surface area contributed by atoms with E-state index in [2.05, 4.69) is 25.7 Å². The fourth-order valence-electron chi connectivity index (χ4n) is 5.22. The molecule has 1 N–H and O–H groups in total. The number of hydrogen-bond donors (Lipinski definition) is 1. The molecule has 2 unspecified atom stereocenters. The zero-order chi connectivity index (χ0) is 27.2. The molecular formula is C31H45ClO6. The summed E-state index contributed by atoms with van der Waals surface area (Å²) in [6.45, 7) is 7.13. The molecule has 1 aromatic carbocycles. The molecule has 2 aliphatic rings. The van der Waals surface area contributed by atoms with Crippen molar-refractivity contribution < 1.29 is 28.8 Å². The fourth-order valence-corrected chi connectivity index (χ4v) is 5.68.